The first-order valence-electron chi connectivity index (χ1n) is 14.0. The van der Waals surface area contributed by atoms with Gasteiger partial charge in [-0.2, -0.15) is 0 Å². The molecule has 1 N–H and O–H groups in total. The van der Waals surface area contributed by atoms with Crippen LogP contribution in [0, 0.1) is 0 Å². The largest absolute Gasteiger partial charge is 0.353 e. The molecule has 6 aromatic carbocycles. The third-order valence-corrected chi connectivity index (χ3v) is 8.32. The van der Waals surface area contributed by atoms with E-state index in [9.17, 15) is 0 Å². The molecule has 8 rings (SSSR count). The molecule has 0 atom stereocenters. The average Bonchev–Trinajstić information content (AvgIpc) is 3.58. The van der Waals surface area contributed by atoms with Crippen molar-refractivity contribution >= 4 is 43.6 Å². The number of nitrogens with zero attached hydrogens (tertiary/aromatic N) is 1. The Morgan fingerprint density at radius 2 is 1.12 bits per heavy atom. The molecule has 2 nitrogen and oxygen atoms in total. The first-order chi connectivity index (χ1) is 19.8. The smallest absolute Gasteiger partial charge is 0.0783 e. The summed E-state index contributed by atoms with van der Waals surface area (Å²) < 4.78 is 2.49. The molecular weight excluding hydrogens is 484 g/mol. The molecule has 190 valence electrons. The van der Waals surface area contributed by atoms with Gasteiger partial charge >= 0.3 is 0 Å². The number of fused-ring (bicyclic) bond motifs is 7. The van der Waals surface area contributed by atoms with Gasteiger partial charge < -0.3 is 9.55 Å². The summed E-state index contributed by atoms with van der Waals surface area (Å²) in [6.07, 6.45) is 0.976. The fourth-order valence-corrected chi connectivity index (χ4v) is 6.39. The molecule has 0 amide bonds. The fourth-order valence-electron chi connectivity index (χ4n) is 6.39. The highest BCUT2D eigenvalue weighted by Crippen LogP contribution is 2.40. The van der Waals surface area contributed by atoms with E-state index >= 15 is 0 Å². The van der Waals surface area contributed by atoms with Crippen molar-refractivity contribution in [1.82, 2.24) is 9.55 Å². The normalized spacial score (nSPS) is 11.7. The van der Waals surface area contributed by atoms with E-state index in [4.69, 9.17) is 0 Å². The molecule has 0 saturated heterocycles. The summed E-state index contributed by atoms with van der Waals surface area (Å²) in [6, 6.07) is 48.4. The third-order valence-electron chi connectivity index (χ3n) is 8.32. The number of nitrogens with one attached hydrogen (secondary N) is 1. The Morgan fingerprint density at radius 3 is 1.95 bits per heavy atom. The van der Waals surface area contributed by atoms with E-state index in [2.05, 4.69) is 150 Å². The van der Waals surface area contributed by atoms with Crippen molar-refractivity contribution < 1.29 is 0 Å². The van der Waals surface area contributed by atoms with Crippen LogP contribution in [-0.2, 0) is 6.42 Å². The number of hydrogen-bond donors (Lipinski definition) is 1. The van der Waals surface area contributed by atoms with E-state index in [0.717, 1.165) is 6.42 Å². The SMILES string of the molecule is CCc1cccc2c3ccc4c5ccccc5[nH]c4c3n(-c3cccc(-c4ccc(-c5ccccc5)cc4)c3)c12. The topological polar surface area (TPSA) is 20.7 Å². The zero-order chi connectivity index (χ0) is 26.6. The number of benzene rings is 6. The highest BCUT2D eigenvalue weighted by Gasteiger charge is 2.19. The summed E-state index contributed by atoms with van der Waals surface area (Å²) in [6.45, 7) is 2.25. The van der Waals surface area contributed by atoms with Crippen LogP contribution in [0.1, 0.15) is 12.5 Å². The van der Waals surface area contributed by atoms with E-state index in [0.29, 0.717) is 0 Å². The zero-order valence-electron chi connectivity index (χ0n) is 22.4. The van der Waals surface area contributed by atoms with Gasteiger partial charge in [0.25, 0.3) is 0 Å². The first kappa shape index (κ1) is 22.9. The maximum Gasteiger partial charge on any atom is 0.0783 e. The van der Waals surface area contributed by atoms with Crippen molar-refractivity contribution in [2.24, 2.45) is 0 Å². The highest BCUT2D eigenvalue weighted by atomic mass is 15.0. The van der Waals surface area contributed by atoms with Crippen molar-refractivity contribution in [2.45, 2.75) is 13.3 Å². The van der Waals surface area contributed by atoms with Gasteiger partial charge in [0.1, 0.15) is 0 Å². The standard InChI is InChI=1S/C38H28N2/c1-2-25-12-9-16-33-34-23-22-32-31-15-6-7-17-35(31)39-36(32)38(34)40(37(25)33)30-14-8-13-29(24-30)28-20-18-27(19-21-28)26-10-4-3-5-11-26/h3-24,39H,2H2,1H3. The van der Waals surface area contributed by atoms with Gasteiger partial charge in [-0.3, -0.25) is 0 Å². The Morgan fingerprint density at radius 1 is 0.500 bits per heavy atom. The predicted molar refractivity (Wildman–Crippen MR) is 170 cm³/mol. The molecular formula is C38H28N2. The summed E-state index contributed by atoms with van der Waals surface area (Å²) in [5.74, 6) is 0. The molecule has 0 bridgehead atoms. The molecule has 0 aliphatic carbocycles. The van der Waals surface area contributed by atoms with Crippen LogP contribution in [0.4, 0.5) is 0 Å². The van der Waals surface area contributed by atoms with E-state index in [1.54, 1.807) is 0 Å². The Bertz CT molecular complexity index is 2180. The van der Waals surface area contributed by atoms with E-state index in [-0.39, 0.29) is 0 Å². The summed E-state index contributed by atoms with van der Waals surface area (Å²) in [4.78, 5) is 3.78. The second-order valence-corrected chi connectivity index (χ2v) is 10.6. The average molecular weight is 513 g/mol. The zero-order valence-corrected chi connectivity index (χ0v) is 22.4. The minimum atomic E-state index is 0.976. The molecule has 0 saturated carbocycles. The monoisotopic (exact) mass is 512 g/mol. The maximum absolute atomic E-state index is 3.78. The van der Waals surface area contributed by atoms with Crippen LogP contribution in [-0.4, -0.2) is 9.55 Å². The van der Waals surface area contributed by atoms with Gasteiger partial charge in [0.15, 0.2) is 0 Å². The lowest BCUT2D eigenvalue weighted by Crippen LogP contribution is -1.97. The van der Waals surface area contributed by atoms with Crippen LogP contribution in [0.25, 0.3) is 71.6 Å². The highest BCUT2D eigenvalue weighted by molar-refractivity contribution is 6.23. The number of H-pyrrole nitrogens is 1. The minimum Gasteiger partial charge on any atom is -0.353 e. The van der Waals surface area contributed by atoms with E-state index in [1.165, 1.54) is 77.1 Å². The molecule has 0 fully saturated rings. The number of para-hydroxylation sites is 2. The second-order valence-electron chi connectivity index (χ2n) is 10.6. The van der Waals surface area contributed by atoms with Crippen LogP contribution < -0.4 is 0 Å². The lowest BCUT2D eigenvalue weighted by atomic mass is 10.00. The summed E-state index contributed by atoms with van der Waals surface area (Å²) in [5, 5.41) is 5.10. The lowest BCUT2D eigenvalue weighted by Gasteiger charge is -2.13. The minimum absolute atomic E-state index is 0.976. The number of aromatic amines is 1. The van der Waals surface area contributed by atoms with E-state index in [1.807, 2.05) is 0 Å². The molecule has 8 aromatic rings. The molecule has 40 heavy (non-hydrogen) atoms. The molecule has 0 radical (unpaired) electrons. The molecule has 0 spiro atoms. The fraction of sp³-hybridized carbons (Fsp3) is 0.0526. The molecule has 0 aliphatic rings. The van der Waals surface area contributed by atoms with Crippen LogP contribution in [0.5, 0.6) is 0 Å². The van der Waals surface area contributed by atoms with Gasteiger partial charge in [-0.1, -0.05) is 122 Å². The van der Waals surface area contributed by atoms with Crippen molar-refractivity contribution in [3.05, 3.63) is 139 Å². The molecule has 0 unspecified atom stereocenters. The lowest BCUT2D eigenvalue weighted by molar-refractivity contribution is 1.11. The Balaban J connectivity index is 1.38. The van der Waals surface area contributed by atoms with Gasteiger partial charge in [-0.15, -0.1) is 0 Å². The van der Waals surface area contributed by atoms with Gasteiger partial charge in [-0.05, 0) is 52.4 Å². The third kappa shape index (κ3) is 3.43. The molecule has 0 aliphatic heterocycles. The summed E-state index contributed by atoms with van der Waals surface area (Å²) in [5.41, 5.74) is 12.3. The summed E-state index contributed by atoms with van der Waals surface area (Å²) >= 11 is 0. The molecule has 2 heteroatoms. The Hall–Kier alpha value is -5.08. The molecule has 2 heterocycles. The van der Waals surface area contributed by atoms with Crippen molar-refractivity contribution in [3.63, 3.8) is 0 Å². The van der Waals surface area contributed by atoms with Crippen LogP contribution in [0.2, 0.25) is 0 Å². The van der Waals surface area contributed by atoms with Gasteiger partial charge in [0.05, 0.1) is 16.6 Å². The van der Waals surface area contributed by atoms with Crippen LogP contribution in [0.15, 0.2) is 133 Å². The number of rotatable bonds is 4. The van der Waals surface area contributed by atoms with Crippen molar-refractivity contribution in [1.29, 1.82) is 0 Å². The van der Waals surface area contributed by atoms with Crippen molar-refractivity contribution in [2.75, 3.05) is 0 Å². The van der Waals surface area contributed by atoms with Crippen molar-refractivity contribution in [3.8, 4) is 27.9 Å². The van der Waals surface area contributed by atoms with Gasteiger partial charge in [0, 0.05) is 32.7 Å². The quantitative estimate of drug-likeness (QED) is 0.242. The number of aryl methyl sites for hydroxylation is 1. The predicted octanol–water partition coefficient (Wildman–Crippen LogP) is 10.3. The first-order valence-corrected chi connectivity index (χ1v) is 14.0. The number of aromatic nitrogens is 2. The summed E-state index contributed by atoms with van der Waals surface area (Å²) in [7, 11) is 0. The van der Waals surface area contributed by atoms with Gasteiger partial charge in [0.2, 0.25) is 0 Å². The molecule has 2 aromatic heterocycles. The van der Waals surface area contributed by atoms with E-state index < -0.39 is 0 Å². The Kier molecular flexibility index (Phi) is 5.14. The van der Waals surface area contributed by atoms with Crippen LogP contribution in [0.3, 0.4) is 0 Å². The number of hydrogen-bond acceptors (Lipinski definition) is 0. The maximum atomic E-state index is 3.78. The Labute approximate surface area is 233 Å². The van der Waals surface area contributed by atoms with Crippen LogP contribution >= 0.6 is 0 Å². The second kappa shape index (κ2) is 9.00. The van der Waals surface area contributed by atoms with Gasteiger partial charge in [-0.25, -0.2) is 0 Å².